The van der Waals surface area contributed by atoms with Crippen molar-refractivity contribution >= 4 is 104 Å². The van der Waals surface area contributed by atoms with Crippen LogP contribution in [-0.4, -0.2) is 13.4 Å². The van der Waals surface area contributed by atoms with E-state index in [0.29, 0.717) is 0 Å². The molecule has 0 aromatic heterocycles. The van der Waals surface area contributed by atoms with Gasteiger partial charge in [0, 0.05) is 54.5 Å². The van der Waals surface area contributed by atoms with Gasteiger partial charge in [-0.15, -0.1) is 0 Å². The molecule has 0 N–H and O–H groups in total. The molecule has 13 rings (SSSR count). The predicted molar refractivity (Wildman–Crippen MR) is 269 cm³/mol. The van der Waals surface area contributed by atoms with Crippen molar-refractivity contribution < 1.29 is 9.47 Å². The molecular weight excluding hydrogens is 818 g/mol. The van der Waals surface area contributed by atoms with Crippen LogP contribution in [0.4, 0.5) is 34.1 Å². The maximum Gasteiger partial charge on any atom is 0.254 e. The molecule has 0 amide bonds. The first-order chi connectivity index (χ1) is 31.6. The molecule has 0 atom stereocenters. The van der Waals surface area contributed by atoms with Gasteiger partial charge in [-0.1, -0.05) is 149 Å². The molecule has 4 aliphatic heterocycles. The number of hydrogen-bond acceptors (Lipinski definition) is 6. The fraction of sp³-hybridized carbons (Fsp3) is 0.0357. The van der Waals surface area contributed by atoms with Gasteiger partial charge >= 0.3 is 0 Å². The molecule has 0 radical (unpaired) electrons. The van der Waals surface area contributed by atoms with Crippen LogP contribution in [-0.2, 0) is 0 Å². The first-order valence-electron chi connectivity index (χ1n) is 21.8. The van der Waals surface area contributed by atoms with Gasteiger partial charge in [0.2, 0.25) is 0 Å². The molecule has 302 valence electrons. The van der Waals surface area contributed by atoms with Crippen molar-refractivity contribution in [3.8, 4) is 23.0 Å². The van der Waals surface area contributed by atoms with Crippen LogP contribution in [0.5, 0.6) is 23.0 Å². The average Bonchev–Trinajstić information content (AvgIpc) is 3.34. The van der Waals surface area contributed by atoms with E-state index in [0.717, 1.165) is 57.1 Å². The Labute approximate surface area is 382 Å². The van der Waals surface area contributed by atoms with Crippen LogP contribution in [0.3, 0.4) is 0 Å². The summed E-state index contributed by atoms with van der Waals surface area (Å²) in [6.45, 7) is 4.74. The zero-order valence-corrected chi connectivity index (χ0v) is 36.8. The van der Waals surface area contributed by atoms with E-state index in [-0.39, 0.29) is 13.4 Å². The lowest BCUT2D eigenvalue weighted by Crippen LogP contribution is -2.64. The lowest BCUT2D eigenvalue weighted by Gasteiger charge is -2.40. The first-order valence-corrected chi connectivity index (χ1v) is 23.4. The summed E-state index contributed by atoms with van der Waals surface area (Å²) in [4.78, 5) is 9.81. The number of para-hydroxylation sites is 6. The smallest absolute Gasteiger partial charge is 0.254 e. The van der Waals surface area contributed by atoms with E-state index in [4.69, 9.17) is 9.47 Å². The van der Waals surface area contributed by atoms with Crippen molar-refractivity contribution in [1.29, 1.82) is 0 Å². The van der Waals surface area contributed by atoms with E-state index < -0.39 is 0 Å². The van der Waals surface area contributed by atoms with Crippen LogP contribution < -0.4 is 52.1 Å². The third kappa shape index (κ3) is 5.75. The minimum absolute atomic E-state index is 0.000203. The Kier molecular flexibility index (Phi) is 8.69. The third-order valence-electron chi connectivity index (χ3n) is 13.2. The highest BCUT2D eigenvalue weighted by Gasteiger charge is 2.47. The van der Waals surface area contributed by atoms with Crippen molar-refractivity contribution in [1.82, 2.24) is 0 Å². The largest absolute Gasteiger partial charge is 0.458 e. The molecule has 4 heterocycles. The fourth-order valence-electron chi connectivity index (χ4n) is 10.5. The van der Waals surface area contributed by atoms with Gasteiger partial charge in [-0.25, -0.2) is 0 Å². The highest BCUT2D eigenvalue weighted by atomic mass is 32.2. The topological polar surface area (TPSA) is 24.9 Å². The minimum atomic E-state index is -0.000203. The number of anilines is 6. The van der Waals surface area contributed by atoms with Crippen molar-refractivity contribution in [3.05, 3.63) is 205 Å². The molecule has 0 bridgehead atoms. The average molecular weight is 857 g/mol. The fourth-order valence-corrected chi connectivity index (χ4v) is 13.3. The number of hydrogen-bond donors (Lipinski definition) is 0. The molecular formula is C56H38B2N2O2S2. The maximum atomic E-state index is 6.97. The van der Waals surface area contributed by atoms with Crippen molar-refractivity contribution in [2.45, 2.75) is 33.4 Å². The first kappa shape index (κ1) is 37.6. The Hall–Kier alpha value is -6.99. The van der Waals surface area contributed by atoms with Crippen LogP contribution >= 0.6 is 23.5 Å². The number of rotatable bonds is 6. The Morgan fingerprint density at radius 3 is 1.06 bits per heavy atom. The van der Waals surface area contributed by atoms with Gasteiger partial charge in [0.25, 0.3) is 13.4 Å². The van der Waals surface area contributed by atoms with Gasteiger partial charge in [0.15, 0.2) is 0 Å². The van der Waals surface area contributed by atoms with Gasteiger partial charge in [-0.2, -0.15) is 0 Å². The third-order valence-corrected chi connectivity index (χ3v) is 15.8. The van der Waals surface area contributed by atoms with Crippen LogP contribution in [0.25, 0.3) is 0 Å². The normalized spacial score (nSPS) is 13.2. The molecule has 4 aliphatic rings. The van der Waals surface area contributed by atoms with Crippen molar-refractivity contribution in [2.75, 3.05) is 9.80 Å². The van der Waals surface area contributed by atoms with Gasteiger partial charge in [0.05, 0.1) is 11.4 Å². The maximum absolute atomic E-state index is 6.97. The number of nitrogens with zero attached hydrogens (tertiary/aromatic N) is 2. The Morgan fingerprint density at radius 2 is 0.688 bits per heavy atom. The second-order valence-corrected chi connectivity index (χ2v) is 18.9. The van der Waals surface area contributed by atoms with Gasteiger partial charge in [0.1, 0.15) is 23.0 Å². The summed E-state index contributed by atoms with van der Waals surface area (Å²) in [5, 5.41) is 0. The molecule has 0 aliphatic carbocycles. The van der Waals surface area contributed by atoms with Crippen LogP contribution in [0.1, 0.15) is 11.1 Å². The second kappa shape index (κ2) is 14.8. The summed E-state index contributed by atoms with van der Waals surface area (Å²) < 4.78 is 13.9. The van der Waals surface area contributed by atoms with E-state index in [1.165, 1.54) is 63.5 Å². The molecule has 0 saturated carbocycles. The quantitative estimate of drug-likeness (QED) is 0.155. The van der Waals surface area contributed by atoms with E-state index in [1.807, 2.05) is 23.5 Å². The monoisotopic (exact) mass is 856 g/mol. The van der Waals surface area contributed by atoms with Crippen LogP contribution in [0, 0.1) is 13.8 Å². The summed E-state index contributed by atoms with van der Waals surface area (Å²) >= 11 is 3.80. The molecule has 9 aromatic rings. The SMILES string of the molecule is Cc1c2c(c(C)c3c1Sc1cc(N(c4ccccc4)c4ccccc4)cc4c1B3c1ccccc1O4)B1c3ccccc3Oc3cc(N(c4ccccc4)c4ccccc4)cc(c31)S2. The number of ether oxygens (including phenoxy) is 2. The lowest BCUT2D eigenvalue weighted by molar-refractivity contribution is 0.486. The van der Waals surface area contributed by atoms with E-state index >= 15 is 0 Å². The Bertz CT molecular complexity index is 3040. The summed E-state index contributed by atoms with van der Waals surface area (Å²) in [7, 11) is 0. The van der Waals surface area contributed by atoms with E-state index in [9.17, 15) is 0 Å². The zero-order chi connectivity index (χ0) is 42.5. The van der Waals surface area contributed by atoms with Crippen LogP contribution in [0.2, 0.25) is 0 Å². The van der Waals surface area contributed by atoms with Gasteiger partial charge in [-0.3, -0.25) is 0 Å². The summed E-state index contributed by atoms with van der Waals surface area (Å²) in [5.41, 5.74) is 16.8. The lowest BCUT2D eigenvalue weighted by atomic mass is 9.31. The number of fused-ring (bicyclic) bond motifs is 8. The molecule has 0 unspecified atom stereocenters. The highest BCUT2D eigenvalue weighted by molar-refractivity contribution is 8.01. The molecule has 64 heavy (non-hydrogen) atoms. The van der Waals surface area contributed by atoms with Gasteiger partial charge in [-0.05, 0) is 114 Å². The molecule has 9 aromatic carbocycles. The van der Waals surface area contributed by atoms with Gasteiger partial charge < -0.3 is 19.3 Å². The van der Waals surface area contributed by atoms with Crippen LogP contribution in [0.15, 0.2) is 214 Å². The Morgan fingerprint density at radius 1 is 0.344 bits per heavy atom. The summed E-state index contributed by atoms with van der Waals surface area (Å²) in [6, 6.07) is 69.2. The van der Waals surface area contributed by atoms with Crippen molar-refractivity contribution in [3.63, 3.8) is 0 Å². The summed E-state index contributed by atoms with van der Waals surface area (Å²) in [5.74, 6) is 3.64. The Balaban J connectivity index is 1.03. The molecule has 0 saturated heterocycles. The van der Waals surface area contributed by atoms with E-state index in [1.54, 1.807) is 0 Å². The molecule has 8 heteroatoms. The highest BCUT2D eigenvalue weighted by Crippen LogP contribution is 2.49. The van der Waals surface area contributed by atoms with E-state index in [2.05, 4.69) is 218 Å². The molecule has 4 nitrogen and oxygen atoms in total. The second-order valence-electron chi connectivity index (χ2n) is 16.8. The standard InChI is InChI=1S/C56H38B2N2O2S2/c1-35-51-55(63-49-33-41(31-47-53(49)57(51)43-27-15-17-29-45(43)61-47)59(37-19-7-3-8-20-37)38-21-9-4-10-22-38)36(2)56-52(35)58-44-28-16-18-30-46(44)62-48-32-42(34-50(64-56)54(48)58)60(39-23-11-5-12-24-39)40-25-13-6-14-26-40/h3-34H,1-2H3. The summed E-state index contributed by atoms with van der Waals surface area (Å²) in [6.07, 6.45) is 0. The van der Waals surface area contributed by atoms with Crippen molar-refractivity contribution in [2.24, 2.45) is 0 Å². The molecule has 0 spiro atoms. The zero-order valence-electron chi connectivity index (χ0n) is 35.2. The minimum Gasteiger partial charge on any atom is -0.458 e. The number of benzene rings is 9. The molecule has 0 fully saturated rings. The predicted octanol–water partition coefficient (Wildman–Crippen LogP) is 11.4.